The van der Waals surface area contributed by atoms with E-state index < -0.39 is 0 Å². The quantitative estimate of drug-likeness (QED) is 0.883. The molecule has 0 spiro atoms. The van der Waals surface area contributed by atoms with Crippen molar-refractivity contribution in [3.8, 4) is 0 Å². The highest BCUT2D eigenvalue weighted by atomic mass is 79.9. The number of hydrogen-bond acceptors (Lipinski definition) is 2. The minimum atomic E-state index is 0.203. The van der Waals surface area contributed by atoms with Crippen LogP contribution in [-0.4, -0.2) is 19.1 Å². The van der Waals surface area contributed by atoms with Crippen LogP contribution in [0.5, 0.6) is 0 Å². The zero-order valence-electron chi connectivity index (χ0n) is 12.9. The summed E-state index contributed by atoms with van der Waals surface area (Å²) in [5.74, 6) is 0.903. The van der Waals surface area contributed by atoms with Gasteiger partial charge in [-0.25, -0.2) is 0 Å². The van der Waals surface area contributed by atoms with Gasteiger partial charge in [0, 0.05) is 29.3 Å². The first-order valence-corrected chi connectivity index (χ1v) is 8.53. The number of hydrogen-bond donors (Lipinski definition) is 1. The van der Waals surface area contributed by atoms with Crippen molar-refractivity contribution in [2.75, 3.05) is 11.9 Å². The van der Waals surface area contributed by atoms with Gasteiger partial charge in [0.1, 0.15) is 0 Å². The van der Waals surface area contributed by atoms with Gasteiger partial charge in [0.15, 0.2) is 0 Å². The van der Waals surface area contributed by atoms with Crippen molar-refractivity contribution in [1.82, 2.24) is 0 Å². The van der Waals surface area contributed by atoms with Crippen molar-refractivity contribution >= 4 is 21.6 Å². The zero-order chi connectivity index (χ0) is 14.7. The lowest BCUT2D eigenvalue weighted by atomic mass is 9.86. The number of halogens is 1. The van der Waals surface area contributed by atoms with Gasteiger partial charge in [0.2, 0.25) is 0 Å². The normalized spacial score (nSPS) is 24.4. The number of anilines is 1. The summed E-state index contributed by atoms with van der Waals surface area (Å²) in [7, 11) is 2.23. The number of benzene rings is 1. The second-order valence-electron chi connectivity index (χ2n) is 6.48. The molecule has 0 heterocycles. The molecule has 3 heteroatoms. The summed E-state index contributed by atoms with van der Waals surface area (Å²) in [4.78, 5) is 2.45. The Morgan fingerprint density at radius 3 is 2.50 bits per heavy atom. The molecule has 1 saturated carbocycles. The maximum Gasteiger partial charge on any atom is 0.0377 e. The van der Waals surface area contributed by atoms with Crippen molar-refractivity contribution in [2.24, 2.45) is 11.7 Å². The van der Waals surface area contributed by atoms with E-state index in [0.29, 0.717) is 6.04 Å². The van der Waals surface area contributed by atoms with E-state index in [1.807, 2.05) is 0 Å². The molecule has 1 fully saturated rings. The molecule has 2 rings (SSSR count). The summed E-state index contributed by atoms with van der Waals surface area (Å²) in [5, 5.41) is 0. The first-order valence-electron chi connectivity index (χ1n) is 7.74. The Balaban J connectivity index is 2.06. The van der Waals surface area contributed by atoms with Crippen LogP contribution >= 0.6 is 15.9 Å². The number of nitrogens with zero attached hydrogens (tertiary/aromatic N) is 1. The van der Waals surface area contributed by atoms with Gasteiger partial charge in [-0.05, 0) is 62.6 Å². The molecule has 0 amide bonds. The van der Waals surface area contributed by atoms with E-state index in [9.17, 15) is 0 Å². The molecule has 1 aliphatic rings. The predicted octanol–water partition coefficient (Wildman–Crippen LogP) is 4.35. The average molecular weight is 339 g/mol. The fraction of sp³-hybridized carbons (Fsp3) is 0.647. The van der Waals surface area contributed by atoms with Crippen LogP contribution in [0.1, 0.15) is 45.1 Å². The van der Waals surface area contributed by atoms with E-state index in [1.54, 1.807) is 0 Å². The fourth-order valence-corrected chi connectivity index (χ4v) is 3.64. The van der Waals surface area contributed by atoms with Gasteiger partial charge in [-0.15, -0.1) is 0 Å². The van der Waals surface area contributed by atoms with Gasteiger partial charge in [-0.3, -0.25) is 0 Å². The van der Waals surface area contributed by atoms with E-state index >= 15 is 0 Å². The SMILES string of the molecule is CC(N)Cc1ccc(N(C)C2CCC(C)CC2)cc1Br. The fourth-order valence-electron chi connectivity index (χ4n) is 3.11. The molecule has 0 aromatic heterocycles. The second-order valence-corrected chi connectivity index (χ2v) is 7.34. The van der Waals surface area contributed by atoms with Crippen LogP contribution in [-0.2, 0) is 6.42 Å². The minimum Gasteiger partial charge on any atom is -0.372 e. The van der Waals surface area contributed by atoms with Gasteiger partial charge < -0.3 is 10.6 Å². The zero-order valence-corrected chi connectivity index (χ0v) is 14.5. The topological polar surface area (TPSA) is 29.3 Å². The molecule has 1 unspecified atom stereocenters. The molecule has 0 radical (unpaired) electrons. The maximum absolute atomic E-state index is 5.89. The highest BCUT2D eigenvalue weighted by Crippen LogP contribution is 2.31. The second kappa shape index (κ2) is 6.95. The van der Waals surface area contributed by atoms with Gasteiger partial charge in [0.25, 0.3) is 0 Å². The molecule has 0 saturated heterocycles. The summed E-state index contributed by atoms with van der Waals surface area (Å²) in [6.45, 7) is 4.42. The molecule has 112 valence electrons. The van der Waals surface area contributed by atoms with Crippen LogP contribution in [0.25, 0.3) is 0 Å². The third-order valence-electron chi connectivity index (χ3n) is 4.52. The van der Waals surface area contributed by atoms with E-state index in [2.05, 4.69) is 59.9 Å². The van der Waals surface area contributed by atoms with Gasteiger partial charge in [0.05, 0.1) is 0 Å². The Kier molecular flexibility index (Phi) is 5.50. The summed E-state index contributed by atoms with van der Waals surface area (Å²) < 4.78 is 1.18. The number of nitrogens with two attached hydrogens (primary N) is 1. The van der Waals surface area contributed by atoms with Crippen molar-refractivity contribution in [3.05, 3.63) is 28.2 Å². The van der Waals surface area contributed by atoms with E-state index in [0.717, 1.165) is 12.3 Å². The molecule has 0 aliphatic heterocycles. The Hall–Kier alpha value is -0.540. The Morgan fingerprint density at radius 1 is 1.30 bits per heavy atom. The molecular weight excluding hydrogens is 312 g/mol. The Bertz CT molecular complexity index is 437. The van der Waals surface area contributed by atoms with Crippen molar-refractivity contribution in [3.63, 3.8) is 0 Å². The molecule has 1 aromatic carbocycles. The molecule has 1 aromatic rings. The van der Waals surface area contributed by atoms with E-state index in [1.165, 1.54) is 41.4 Å². The van der Waals surface area contributed by atoms with Crippen LogP contribution in [0.4, 0.5) is 5.69 Å². The smallest absolute Gasteiger partial charge is 0.0377 e. The first kappa shape index (κ1) is 15.8. The highest BCUT2D eigenvalue weighted by Gasteiger charge is 2.22. The van der Waals surface area contributed by atoms with Crippen LogP contribution < -0.4 is 10.6 Å². The molecule has 2 nitrogen and oxygen atoms in total. The summed E-state index contributed by atoms with van der Waals surface area (Å²) >= 11 is 3.70. The van der Waals surface area contributed by atoms with Crippen LogP contribution in [0, 0.1) is 5.92 Å². The van der Waals surface area contributed by atoms with Crippen LogP contribution in [0.2, 0.25) is 0 Å². The Morgan fingerprint density at radius 2 is 1.95 bits per heavy atom. The lowest BCUT2D eigenvalue weighted by Crippen LogP contribution is -2.34. The third-order valence-corrected chi connectivity index (χ3v) is 5.26. The summed E-state index contributed by atoms with van der Waals surface area (Å²) in [6.07, 6.45) is 6.27. The van der Waals surface area contributed by atoms with Gasteiger partial charge in [-0.1, -0.05) is 28.9 Å². The monoisotopic (exact) mass is 338 g/mol. The van der Waals surface area contributed by atoms with Gasteiger partial charge >= 0.3 is 0 Å². The van der Waals surface area contributed by atoms with Crippen LogP contribution in [0.15, 0.2) is 22.7 Å². The first-order chi connectivity index (χ1) is 9.47. The van der Waals surface area contributed by atoms with Crippen molar-refractivity contribution in [1.29, 1.82) is 0 Å². The third kappa shape index (κ3) is 3.98. The molecular formula is C17H27BrN2. The van der Waals surface area contributed by atoms with Crippen LogP contribution in [0.3, 0.4) is 0 Å². The average Bonchev–Trinajstić information content (AvgIpc) is 2.41. The molecule has 0 bridgehead atoms. The lowest BCUT2D eigenvalue weighted by molar-refractivity contribution is 0.341. The van der Waals surface area contributed by atoms with E-state index in [4.69, 9.17) is 5.73 Å². The minimum absolute atomic E-state index is 0.203. The van der Waals surface area contributed by atoms with Crippen molar-refractivity contribution < 1.29 is 0 Å². The summed E-state index contributed by atoms with van der Waals surface area (Å²) in [6, 6.07) is 7.59. The highest BCUT2D eigenvalue weighted by molar-refractivity contribution is 9.10. The molecule has 2 N–H and O–H groups in total. The van der Waals surface area contributed by atoms with Crippen molar-refractivity contribution in [2.45, 2.75) is 58.0 Å². The largest absolute Gasteiger partial charge is 0.372 e. The summed E-state index contributed by atoms with van der Waals surface area (Å²) in [5.41, 5.74) is 8.50. The Labute approximate surface area is 131 Å². The lowest BCUT2D eigenvalue weighted by Gasteiger charge is -2.35. The number of rotatable bonds is 4. The molecule has 1 atom stereocenters. The van der Waals surface area contributed by atoms with E-state index in [-0.39, 0.29) is 6.04 Å². The standard InChI is InChI=1S/C17H27BrN2/c1-12-4-7-15(8-5-12)20(3)16-9-6-14(10-13(2)19)17(18)11-16/h6,9,11-13,15H,4-5,7-8,10,19H2,1-3H3. The molecule has 1 aliphatic carbocycles. The molecule has 20 heavy (non-hydrogen) atoms. The maximum atomic E-state index is 5.89. The predicted molar refractivity (Wildman–Crippen MR) is 91.3 cm³/mol. The van der Waals surface area contributed by atoms with Gasteiger partial charge in [-0.2, -0.15) is 0 Å².